The van der Waals surface area contributed by atoms with E-state index >= 15 is 0 Å². The molecule has 2 aliphatic rings. The molecule has 1 spiro atoms. The first-order valence-corrected chi connectivity index (χ1v) is 10.4. The fraction of sp³-hybridized carbons (Fsp3) is 0.120. The Bertz CT molecular complexity index is 1280. The molecule has 1 aromatic heterocycles. The van der Waals surface area contributed by atoms with Gasteiger partial charge in [0.1, 0.15) is 18.1 Å². The van der Waals surface area contributed by atoms with Crippen LogP contribution < -0.4 is 9.64 Å². The van der Waals surface area contributed by atoms with Crippen LogP contribution >= 0.6 is 11.6 Å². The Labute approximate surface area is 183 Å². The molecule has 0 saturated heterocycles. The largest absolute Gasteiger partial charge is 0.504 e. The highest BCUT2D eigenvalue weighted by atomic mass is 35.5. The van der Waals surface area contributed by atoms with Gasteiger partial charge in [0.05, 0.1) is 12.0 Å². The number of fused-ring (bicyclic) bond motifs is 6. The van der Waals surface area contributed by atoms with Gasteiger partial charge in [0, 0.05) is 23.0 Å². The summed E-state index contributed by atoms with van der Waals surface area (Å²) in [5.41, 5.74) is 4.41. The fourth-order valence-electron chi connectivity index (χ4n) is 4.90. The van der Waals surface area contributed by atoms with Crippen LogP contribution in [0.1, 0.15) is 22.5 Å². The molecule has 0 atom stereocenters. The lowest BCUT2D eigenvalue weighted by atomic mass is 9.67. The molecule has 2 aliphatic heterocycles. The molecule has 31 heavy (non-hydrogen) atoms. The zero-order valence-electron chi connectivity index (χ0n) is 16.4. The van der Waals surface area contributed by atoms with Gasteiger partial charge in [-0.3, -0.25) is 0 Å². The molecule has 5 nitrogen and oxygen atoms in total. The average molecular weight is 432 g/mol. The van der Waals surface area contributed by atoms with Crippen molar-refractivity contribution in [2.45, 2.75) is 12.0 Å². The van der Waals surface area contributed by atoms with Gasteiger partial charge in [0.2, 0.25) is 0 Å². The number of phenols is 2. The molecule has 154 valence electrons. The summed E-state index contributed by atoms with van der Waals surface area (Å²) in [5, 5.41) is 20.7. The van der Waals surface area contributed by atoms with Crippen molar-refractivity contribution in [3.8, 4) is 17.2 Å². The molecule has 3 aromatic carbocycles. The van der Waals surface area contributed by atoms with Crippen LogP contribution in [0.5, 0.6) is 17.2 Å². The topological polar surface area (TPSA) is 66.1 Å². The summed E-state index contributed by atoms with van der Waals surface area (Å²) in [6.07, 6.45) is 0. The van der Waals surface area contributed by atoms with E-state index in [0.717, 1.165) is 33.8 Å². The standard InChI is InChI=1S/C25H18ClNO4/c26-24-10-9-15(31-24)13-27-19-7-3-1-5-16(19)25(17-6-2-4-8-20(17)27)14-30-23-12-22(29)21(28)11-18(23)25/h1-12,28-29H,13-14H2. The van der Waals surface area contributed by atoms with Crippen LogP contribution in [0, 0.1) is 0 Å². The van der Waals surface area contributed by atoms with Crippen molar-refractivity contribution in [2.24, 2.45) is 0 Å². The van der Waals surface area contributed by atoms with Crippen LogP contribution in [-0.4, -0.2) is 16.8 Å². The summed E-state index contributed by atoms with van der Waals surface area (Å²) in [5.74, 6) is 0.984. The number of furan rings is 1. The number of benzene rings is 3. The Morgan fingerprint density at radius 2 is 1.48 bits per heavy atom. The SMILES string of the molecule is Oc1cc2c(cc1O)C1(CO2)c2ccccc2N(Cc2ccc(Cl)o2)c2ccccc21. The van der Waals surface area contributed by atoms with Crippen molar-refractivity contribution in [1.29, 1.82) is 0 Å². The number of aromatic hydroxyl groups is 2. The highest BCUT2D eigenvalue weighted by Gasteiger charge is 2.50. The first-order valence-electron chi connectivity index (χ1n) is 9.98. The monoisotopic (exact) mass is 431 g/mol. The predicted molar refractivity (Wildman–Crippen MR) is 118 cm³/mol. The number of anilines is 2. The molecule has 0 amide bonds. The van der Waals surface area contributed by atoms with E-state index in [-0.39, 0.29) is 11.5 Å². The Morgan fingerprint density at radius 3 is 2.13 bits per heavy atom. The normalized spacial score (nSPS) is 15.3. The van der Waals surface area contributed by atoms with Crippen molar-refractivity contribution in [3.63, 3.8) is 0 Å². The maximum absolute atomic E-state index is 10.3. The molecule has 3 heterocycles. The molecule has 6 heteroatoms. The van der Waals surface area contributed by atoms with E-state index in [1.54, 1.807) is 12.1 Å². The third kappa shape index (κ3) is 2.50. The maximum atomic E-state index is 10.3. The Balaban J connectivity index is 1.62. The first kappa shape index (κ1) is 18.2. The second kappa shape index (κ2) is 6.46. The zero-order valence-corrected chi connectivity index (χ0v) is 17.1. The summed E-state index contributed by atoms with van der Waals surface area (Å²) in [4.78, 5) is 2.21. The molecule has 6 rings (SSSR count). The molecule has 0 unspecified atom stereocenters. The van der Waals surface area contributed by atoms with Crippen LogP contribution in [0.15, 0.2) is 77.2 Å². The van der Waals surface area contributed by atoms with E-state index in [0.29, 0.717) is 24.1 Å². The lowest BCUT2D eigenvalue weighted by Gasteiger charge is -2.42. The maximum Gasteiger partial charge on any atom is 0.193 e. The minimum atomic E-state index is -0.606. The number of halogens is 1. The predicted octanol–water partition coefficient (Wildman–Crippen LogP) is 5.72. The number of phenolic OH excluding ortho intramolecular Hbond substituents is 2. The molecule has 0 radical (unpaired) electrons. The van der Waals surface area contributed by atoms with Gasteiger partial charge in [-0.25, -0.2) is 0 Å². The molecule has 0 aliphatic carbocycles. The average Bonchev–Trinajstić information content (AvgIpc) is 3.36. The lowest BCUT2D eigenvalue weighted by Crippen LogP contribution is -2.39. The van der Waals surface area contributed by atoms with Crippen molar-refractivity contribution < 1.29 is 19.4 Å². The zero-order chi connectivity index (χ0) is 21.2. The van der Waals surface area contributed by atoms with E-state index in [4.69, 9.17) is 20.8 Å². The van der Waals surface area contributed by atoms with Crippen LogP contribution in [-0.2, 0) is 12.0 Å². The molecule has 0 bridgehead atoms. The quantitative estimate of drug-likeness (QED) is 0.397. The van der Waals surface area contributed by atoms with E-state index in [1.165, 1.54) is 6.07 Å². The number of para-hydroxylation sites is 2. The van der Waals surface area contributed by atoms with E-state index in [1.807, 2.05) is 30.3 Å². The number of nitrogens with zero attached hydrogens (tertiary/aromatic N) is 1. The van der Waals surface area contributed by atoms with Gasteiger partial charge in [-0.15, -0.1) is 0 Å². The number of hydrogen-bond donors (Lipinski definition) is 2. The molecule has 2 N–H and O–H groups in total. The van der Waals surface area contributed by atoms with Crippen molar-refractivity contribution in [3.05, 3.63) is 100 Å². The molecule has 0 saturated carbocycles. The number of hydrogen-bond acceptors (Lipinski definition) is 5. The Morgan fingerprint density at radius 1 is 0.839 bits per heavy atom. The third-order valence-corrected chi connectivity index (χ3v) is 6.44. The van der Waals surface area contributed by atoms with E-state index in [2.05, 4.69) is 29.2 Å². The summed E-state index contributed by atoms with van der Waals surface area (Å²) >= 11 is 6.01. The lowest BCUT2D eigenvalue weighted by molar-refractivity contribution is 0.311. The van der Waals surface area contributed by atoms with E-state index < -0.39 is 5.41 Å². The first-order chi connectivity index (χ1) is 15.1. The number of ether oxygens (including phenoxy) is 1. The molecule has 0 fully saturated rings. The third-order valence-electron chi connectivity index (χ3n) is 6.23. The highest BCUT2D eigenvalue weighted by molar-refractivity contribution is 6.28. The van der Waals surface area contributed by atoms with Gasteiger partial charge in [-0.05, 0) is 53.1 Å². The fourth-order valence-corrected chi connectivity index (χ4v) is 5.06. The van der Waals surface area contributed by atoms with Gasteiger partial charge in [-0.2, -0.15) is 0 Å². The van der Waals surface area contributed by atoms with E-state index in [9.17, 15) is 10.2 Å². The van der Waals surface area contributed by atoms with Crippen LogP contribution in [0.3, 0.4) is 0 Å². The summed E-state index contributed by atoms with van der Waals surface area (Å²) in [6, 6.07) is 23.1. The van der Waals surface area contributed by atoms with Crippen LogP contribution in [0.2, 0.25) is 5.22 Å². The minimum absolute atomic E-state index is 0.161. The van der Waals surface area contributed by atoms with Crippen molar-refractivity contribution in [2.75, 3.05) is 11.5 Å². The summed E-state index contributed by atoms with van der Waals surface area (Å²) < 4.78 is 11.7. The minimum Gasteiger partial charge on any atom is -0.504 e. The smallest absolute Gasteiger partial charge is 0.193 e. The van der Waals surface area contributed by atoms with Crippen LogP contribution in [0.25, 0.3) is 0 Å². The molecular weight excluding hydrogens is 414 g/mol. The van der Waals surface area contributed by atoms with Gasteiger partial charge < -0.3 is 24.3 Å². The second-order valence-electron chi connectivity index (χ2n) is 7.86. The summed E-state index contributed by atoms with van der Waals surface area (Å²) in [6.45, 7) is 0.894. The Hall–Kier alpha value is -3.57. The van der Waals surface area contributed by atoms with Crippen LogP contribution in [0.4, 0.5) is 11.4 Å². The molecular formula is C25H18ClNO4. The van der Waals surface area contributed by atoms with Gasteiger partial charge in [-0.1, -0.05) is 36.4 Å². The van der Waals surface area contributed by atoms with Crippen molar-refractivity contribution in [1.82, 2.24) is 0 Å². The van der Waals surface area contributed by atoms with Gasteiger partial charge in [0.15, 0.2) is 16.7 Å². The summed E-state index contributed by atoms with van der Waals surface area (Å²) in [7, 11) is 0. The Kier molecular flexibility index (Phi) is 3.80. The second-order valence-corrected chi connectivity index (χ2v) is 8.23. The van der Waals surface area contributed by atoms with Gasteiger partial charge >= 0.3 is 0 Å². The molecule has 4 aromatic rings. The highest BCUT2D eigenvalue weighted by Crippen LogP contribution is 2.58. The van der Waals surface area contributed by atoms with Crippen molar-refractivity contribution >= 4 is 23.0 Å². The van der Waals surface area contributed by atoms with Gasteiger partial charge in [0.25, 0.3) is 0 Å². The number of rotatable bonds is 2.